The number of carbonyl (C=O) groups excluding carboxylic acids is 3. The molecule has 0 rings (SSSR count). The largest absolute Gasteiger partial charge is 0.480 e. The van der Waals surface area contributed by atoms with Crippen LogP contribution in [0.5, 0.6) is 0 Å². The highest BCUT2D eigenvalue weighted by Gasteiger charge is 2.31. The highest BCUT2D eigenvalue weighted by Crippen LogP contribution is 2.09. The molecule has 5 unspecified atom stereocenters. The molecule has 0 saturated heterocycles. The Labute approximate surface area is 200 Å². The van der Waals surface area contributed by atoms with E-state index in [0.29, 0.717) is 31.6 Å². The molecule has 0 aliphatic rings. The summed E-state index contributed by atoms with van der Waals surface area (Å²) in [5, 5.41) is 26.4. The smallest absolute Gasteiger partial charge is 0.328 e. The molecule has 0 aromatic heterocycles. The van der Waals surface area contributed by atoms with Crippen LogP contribution < -0.4 is 27.4 Å². The van der Waals surface area contributed by atoms with Crippen molar-refractivity contribution in [1.82, 2.24) is 16.0 Å². The Kier molecular flexibility index (Phi) is 15.7. The van der Waals surface area contributed by atoms with Gasteiger partial charge in [-0.15, -0.1) is 0 Å². The number of carbonyl (C=O) groups is 4. The quantitative estimate of drug-likeness (QED) is 0.127. The van der Waals surface area contributed by atoms with Gasteiger partial charge in [-0.3, -0.25) is 14.4 Å². The minimum Gasteiger partial charge on any atom is -0.480 e. The first-order chi connectivity index (χ1) is 15.4. The van der Waals surface area contributed by atoms with Gasteiger partial charge in [-0.1, -0.05) is 20.3 Å². The SMILES string of the molecule is CSCCC(NC(=O)C(CC(C)C)NC(=O)C(N)CCCCN)C(=O)NC(C(=O)O)C(C)O. The molecular weight excluding hydrogens is 450 g/mol. The Hall–Kier alpha value is -1.89. The first-order valence-corrected chi connectivity index (χ1v) is 12.6. The van der Waals surface area contributed by atoms with Crippen LogP contribution in [0.1, 0.15) is 52.9 Å². The summed E-state index contributed by atoms with van der Waals surface area (Å²) < 4.78 is 0. The maximum absolute atomic E-state index is 13.0. The zero-order valence-electron chi connectivity index (χ0n) is 20.0. The van der Waals surface area contributed by atoms with Gasteiger partial charge in [0.2, 0.25) is 17.7 Å². The number of rotatable bonds is 17. The van der Waals surface area contributed by atoms with Crippen LogP contribution in [0.25, 0.3) is 0 Å². The molecule has 192 valence electrons. The van der Waals surface area contributed by atoms with Gasteiger partial charge in [-0.25, -0.2) is 4.79 Å². The van der Waals surface area contributed by atoms with Gasteiger partial charge in [0.05, 0.1) is 12.1 Å². The number of aliphatic hydroxyl groups is 1. The Morgan fingerprint density at radius 3 is 1.97 bits per heavy atom. The molecule has 0 radical (unpaired) electrons. The molecule has 12 heteroatoms. The van der Waals surface area contributed by atoms with Crippen LogP contribution >= 0.6 is 11.8 Å². The zero-order chi connectivity index (χ0) is 25.6. The fraction of sp³-hybridized carbons (Fsp3) is 0.810. The average Bonchev–Trinajstić information content (AvgIpc) is 2.73. The van der Waals surface area contributed by atoms with Crippen molar-refractivity contribution < 1.29 is 29.4 Å². The molecule has 33 heavy (non-hydrogen) atoms. The molecule has 0 aliphatic carbocycles. The molecule has 5 atom stereocenters. The van der Waals surface area contributed by atoms with Crippen molar-refractivity contribution in [1.29, 1.82) is 0 Å². The first-order valence-electron chi connectivity index (χ1n) is 11.2. The Morgan fingerprint density at radius 2 is 1.48 bits per heavy atom. The van der Waals surface area contributed by atoms with Gasteiger partial charge >= 0.3 is 5.97 Å². The van der Waals surface area contributed by atoms with E-state index in [1.165, 1.54) is 18.7 Å². The number of amides is 3. The molecule has 0 aromatic rings. The van der Waals surface area contributed by atoms with E-state index in [1.807, 2.05) is 20.1 Å². The van der Waals surface area contributed by atoms with Gasteiger partial charge < -0.3 is 37.6 Å². The van der Waals surface area contributed by atoms with Crippen molar-refractivity contribution in [2.24, 2.45) is 17.4 Å². The number of carboxylic acids is 1. The Morgan fingerprint density at radius 1 is 0.909 bits per heavy atom. The summed E-state index contributed by atoms with van der Waals surface area (Å²) >= 11 is 1.46. The molecule has 0 bridgehead atoms. The molecule has 11 nitrogen and oxygen atoms in total. The van der Waals surface area contributed by atoms with Crippen LogP contribution in [0.4, 0.5) is 0 Å². The van der Waals surface area contributed by atoms with E-state index >= 15 is 0 Å². The molecular formula is C21H41N5O6S. The minimum atomic E-state index is -1.51. The summed E-state index contributed by atoms with van der Waals surface area (Å²) in [5.74, 6) is -2.53. The molecule has 0 fully saturated rings. The lowest BCUT2D eigenvalue weighted by atomic mass is 10.0. The molecule has 0 saturated carbocycles. The van der Waals surface area contributed by atoms with Crippen LogP contribution in [-0.2, 0) is 19.2 Å². The number of nitrogens with two attached hydrogens (primary N) is 2. The van der Waals surface area contributed by atoms with E-state index in [-0.39, 0.29) is 12.3 Å². The van der Waals surface area contributed by atoms with Crippen LogP contribution in [0, 0.1) is 5.92 Å². The van der Waals surface area contributed by atoms with E-state index in [4.69, 9.17) is 11.5 Å². The van der Waals surface area contributed by atoms with Crippen molar-refractivity contribution in [2.45, 2.75) is 83.1 Å². The number of carboxylic acid groups (broad SMARTS) is 1. The minimum absolute atomic E-state index is 0.0691. The normalized spacial score (nSPS) is 15.8. The summed E-state index contributed by atoms with van der Waals surface area (Å²) in [6, 6.07) is -4.23. The lowest BCUT2D eigenvalue weighted by molar-refractivity contribution is -0.145. The number of unbranched alkanes of at least 4 members (excludes halogenated alkanes) is 1. The highest BCUT2D eigenvalue weighted by molar-refractivity contribution is 7.98. The van der Waals surface area contributed by atoms with Gasteiger partial charge in [0.1, 0.15) is 12.1 Å². The maximum atomic E-state index is 13.0. The number of hydrogen-bond acceptors (Lipinski definition) is 8. The molecule has 9 N–H and O–H groups in total. The van der Waals surface area contributed by atoms with Gasteiger partial charge in [-0.05, 0) is 57.1 Å². The fourth-order valence-corrected chi connectivity index (χ4v) is 3.51. The van der Waals surface area contributed by atoms with E-state index in [0.717, 1.165) is 6.42 Å². The van der Waals surface area contributed by atoms with Crippen LogP contribution in [0.2, 0.25) is 0 Å². The Balaban J connectivity index is 5.37. The average molecular weight is 492 g/mol. The third kappa shape index (κ3) is 12.8. The number of aliphatic hydroxyl groups excluding tert-OH is 1. The summed E-state index contributed by atoms with van der Waals surface area (Å²) in [6.45, 7) is 5.54. The van der Waals surface area contributed by atoms with Gasteiger partial charge in [0.25, 0.3) is 0 Å². The first kappa shape index (κ1) is 31.1. The number of nitrogens with one attached hydrogen (secondary N) is 3. The highest BCUT2D eigenvalue weighted by atomic mass is 32.2. The van der Waals surface area contributed by atoms with Crippen LogP contribution in [0.3, 0.4) is 0 Å². The molecule has 0 heterocycles. The molecule has 0 spiro atoms. The van der Waals surface area contributed by atoms with E-state index in [2.05, 4.69) is 16.0 Å². The predicted octanol–water partition coefficient (Wildman–Crippen LogP) is -0.838. The second-order valence-corrected chi connectivity index (χ2v) is 9.48. The van der Waals surface area contributed by atoms with Crippen molar-refractivity contribution in [3.05, 3.63) is 0 Å². The lowest BCUT2D eigenvalue weighted by Crippen LogP contribution is -2.58. The number of hydrogen-bond donors (Lipinski definition) is 7. The van der Waals surface area contributed by atoms with E-state index in [9.17, 15) is 29.4 Å². The lowest BCUT2D eigenvalue weighted by Gasteiger charge is -2.26. The maximum Gasteiger partial charge on any atom is 0.328 e. The standard InChI is InChI=1S/C21H41N5O6S/c1-12(2)11-16(25-18(28)14(23)7-5-6-9-22)20(30)24-15(8-10-33-4)19(29)26-17(13(3)27)21(31)32/h12-17,27H,5-11,22-23H2,1-4H3,(H,24,30)(H,25,28)(H,26,29)(H,31,32). The van der Waals surface area contributed by atoms with Crippen molar-refractivity contribution in [3.8, 4) is 0 Å². The fourth-order valence-electron chi connectivity index (χ4n) is 3.04. The third-order valence-electron chi connectivity index (χ3n) is 4.94. The molecule has 0 aliphatic heterocycles. The number of thioether (sulfide) groups is 1. The summed E-state index contributed by atoms with van der Waals surface area (Å²) in [5.41, 5.74) is 11.4. The third-order valence-corrected chi connectivity index (χ3v) is 5.58. The summed E-state index contributed by atoms with van der Waals surface area (Å²) in [7, 11) is 0. The predicted molar refractivity (Wildman–Crippen MR) is 128 cm³/mol. The zero-order valence-corrected chi connectivity index (χ0v) is 20.8. The van der Waals surface area contributed by atoms with Crippen molar-refractivity contribution in [2.75, 3.05) is 18.6 Å². The van der Waals surface area contributed by atoms with Crippen molar-refractivity contribution in [3.63, 3.8) is 0 Å². The van der Waals surface area contributed by atoms with Gasteiger partial charge in [0, 0.05) is 0 Å². The molecule has 3 amide bonds. The topological polar surface area (TPSA) is 197 Å². The summed E-state index contributed by atoms with van der Waals surface area (Å²) in [4.78, 5) is 49.5. The van der Waals surface area contributed by atoms with E-state index in [1.54, 1.807) is 0 Å². The summed E-state index contributed by atoms with van der Waals surface area (Å²) in [6.07, 6.45) is 2.96. The van der Waals surface area contributed by atoms with E-state index < -0.39 is 54.0 Å². The second kappa shape index (κ2) is 16.7. The second-order valence-electron chi connectivity index (χ2n) is 8.49. The van der Waals surface area contributed by atoms with Crippen LogP contribution in [0.15, 0.2) is 0 Å². The molecule has 0 aromatic carbocycles. The van der Waals surface area contributed by atoms with Gasteiger partial charge in [0.15, 0.2) is 6.04 Å². The van der Waals surface area contributed by atoms with Crippen LogP contribution in [-0.4, -0.2) is 82.7 Å². The Bertz CT molecular complexity index is 634. The van der Waals surface area contributed by atoms with Crippen molar-refractivity contribution >= 4 is 35.5 Å². The monoisotopic (exact) mass is 491 g/mol. The number of aliphatic carboxylic acids is 1. The van der Waals surface area contributed by atoms with Gasteiger partial charge in [-0.2, -0.15) is 11.8 Å².